The standard InChI is InChI=1S/C16H14ClFN2O4S/c1-24-15(21)16-7-12(9-20(16)5-4-10(16)8-19)25(22,23)14-3-2-11(18)6-13(14)17/h2-6,10,12H,7,9H2,1H3/t10?,12-,16-/m1/s1. The van der Waals surface area contributed by atoms with Gasteiger partial charge in [0.15, 0.2) is 15.4 Å². The van der Waals surface area contributed by atoms with E-state index >= 15 is 0 Å². The van der Waals surface area contributed by atoms with Gasteiger partial charge in [0.2, 0.25) is 0 Å². The molecule has 0 spiro atoms. The first-order valence-electron chi connectivity index (χ1n) is 7.39. The molecule has 9 heteroatoms. The highest BCUT2D eigenvalue weighted by molar-refractivity contribution is 7.92. The van der Waals surface area contributed by atoms with Gasteiger partial charge in [-0.1, -0.05) is 11.6 Å². The van der Waals surface area contributed by atoms with Gasteiger partial charge in [0.1, 0.15) is 11.7 Å². The van der Waals surface area contributed by atoms with Crippen LogP contribution in [-0.2, 0) is 19.4 Å². The fraction of sp³-hybridized carbons (Fsp3) is 0.375. The van der Waals surface area contributed by atoms with Gasteiger partial charge in [0, 0.05) is 13.0 Å². The average molecular weight is 385 g/mol. The van der Waals surface area contributed by atoms with Crippen LogP contribution in [0.25, 0.3) is 0 Å². The predicted octanol–water partition coefficient (Wildman–Crippen LogP) is 1.91. The summed E-state index contributed by atoms with van der Waals surface area (Å²) in [7, 11) is -2.74. The molecule has 3 rings (SSSR count). The molecule has 25 heavy (non-hydrogen) atoms. The summed E-state index contributed by atoms with van der Waals surface area (Å²) in [5.41, 5.74) is -1.37. The number of methoxy groups -OCH3 is 1. The number of hydrogen-bond acceptors (Lipinski definition) is 6. The number of benzene rings is 1. The summed E-state index contributed by atoms with van der Waals surface area (Å²) >= 11 is 5.90. The van der Waals surface area contributed by atoms with Crippen LogP contribution in [0.4, 0.5) is 4.39 Å². The van der Waals surface area contributed by atoms with Gasteiger partial charge >= 0.3 is 5.97 Å². The number of halogens is 2. The number of fused-ring (bicyclic) bond motifs is 1. The van der Waals surface area contributed by atoms with Gasteiger partial charge in [-0.25, -0.2) is 17.6 Å². The molecule has 132 valence electrons. The normalized spacial score (nSPS) is 27.8. The van der Waals surface area contributed by atoms with E-state index in [4.69, 9.17) is 16.3 Å². The fourth-order valence-corrected chi connectivity index (χ4v) is 5.78. The van der Waals surface area contributed by atoms with Crippen LogP contribution in [0.3, 0.4) is 0 Å². The summed E-state index contributed by atoms with van der Waals surface area (Å²) in [5.74, 6) is -2.12. The van der Waals surface area contributed by atoms with E-state index in [1.54, 1.807) is 12.3 Å². The molecular formula is C16H14ClFN2O4S. The minimum Gasteiger partial charge on any atom is -0.467 e. The summed E-state index contributed by atoms with van der Waals surface area (Å²) in [5, 5.41) is 8.16. The van der Waals surface area contributed by atoms with E-state index in [0.717, 1.165) is 18.2 Å². The van der Waals surface area contributed by atoms with Crippen molar-refractivity contribution in [3.05, 3.63) is 41.3 Å². The molecule has 1 unspecified atom stereocenters. The first kappa shape index (κ1) is 17.7. The summed E-state index contributed by atoms with van der Waals surface area (Å²) < 4.78 is 44.0. The van der Waals surface area contributed by atoms with Crippen LogP contribution < -0.4 is 0 Å². The molecule has 1 aromatic carbocycles. The zero-order valence-electron chi connectivity index (χ0n) is 13.1. The van der Waals surface area contributed by atoms with Crippen LogP contribution in [0.2, 0.25) is 5.02 Å². The van der Waals surface area contributed by atoms with Gasteiger partial charge < -0.3 is 9.64 Å². The lowest BCUT2D eigenvalue weighted by Gasteiger charge is -2.32. The molecule has 2 heterocycles. The highest BCUT2D eigenvalue weighted by Crippen LogP contribution is 2.45. The third kappa shape index (κ3) is 2.50. The molecule has 0 amide bonds. The number of ether oxygens (including phenoxy) is 1. The van der Waals surface area contributed by atoms with Gasteiger partial charge in [-0.3, -0.25) is 0 Å². The van der Waals surface area contributed by atoms with E-state index < -0.39 is 38.3 Å². The number of rotatable bonds is 3. The highest BCUT2D eigenvalue weighted by Gasteiger charge is 2.60. The quantitative estimate of drug-likeness (QED) is 0.584. The van der Waals surface area contributed by atoms with E-state index in [0.29, 0.717) is 0 Å². The summed E-state index contributed by atoms with van der Waals surface area (Å²) in [6, 6.07) is 5.08. The predicted molar refractivity (Wildman–Crippen MR) is 86.7 cm³/mol. The van der Waals surface area contributed by atoms with Gasteiger partial charge in [-0.2, -0.15) is 5.26 Å². The molecule has 2 aliphatic heterocycles. The maximum atomic E-state index is 13.2. The molecule has 0 aromatic heterocycles. The number of hydrogen-bond donors (Lipinski definition) is 0. The van der Waals surface area contributed by atoms with Gasteiger partial charge in [0.05, 0.1) is 28.3 Å². The second-order valence-electron chi connectivity index (χ2n) is 5.96. The zero-order chi connectivity index (χ0) is 18.4. The Labute approximate surface area is 149 Å². The first-order chi connectivity index (χ1) is 11.8. The topological polar surface area (TPSA) is 87.5 Å². The molecule has 1 fully saturated rings. The summed E-state index contributed by atoms with van der Waals surface area (Å²) in [6.07, 6.45) is 3.00. The molecule has 0 saturated carbocycles. The molecule has 6 nitrogen and oxygen atoms in total. The average Bonchev–Trinajstić information content (AvgIpc) is 3.10. The smallest absolute Gasteiger partial charge is 0.333 e. The Morgan fingerprint density at radius 3 is 2.84 bits per heavy atom. The van der Waals surface area contributed by atoms with Crippen molar-refractivity contribution in [2.45, 2.75) is 22.1 Å². The largest absolute Gasteiger partial charge is 0.467 e. The van der Waals surface area contributed by atoms with Gasteiger partial charge in [-0.05, 0) is 30.5 Å². The minimum absolute atomic E-state index is 0.0137. The number of nitriles is 1. The third-order valence-electron chi connectivity index (χ3n) is 4.74. The molecule has 3 atom stereocenters. The highest BCUT2D eigenvalue weighted by atomic mass is 35.5. The van der Waals surface area contributed by atoms with Crippen molar-refractivity contribution < 1.29 is 22.3 Å². The monoisotopic (exact) mass is 384 g/mol. The second-order valence-corrected chi connectivity index (χ2v) is 8.57. The van der Waals surface area contributed by atoms with E-state index in [-0.39, 0.29) is 22.9 Å². The SMILES string of the molecule is COC(=O)[C@]12C[C@@H](S(=O)(=O)c3ccc(F)cc3Cl)CN1C=CC2C#N. The Bertz CT molecular complexity index is 911. The van der Waals surface area contributed by atoms with Crippen molar-refractivity contribution in [1.82, 2.24) is 4.90 Å². The van der Waals surface area contributed by atoms with Crippen molar-refractivity contribution in [3.63, 3.8) is 0 Å². The van der Waals surface area contributed by atoms with E-state index in [9.17, 15) is 22.9 Å². The van der Waals surface area contributed by atoms with Crippen molar-refractivity contribution in [2.75, 3.05) is 13.7 Å². The van der Waals surface area contributed by atoms with Crippen molar-refractivity contribution in [2.24, 2.45) is 5.92 Å². The van der Waals surface area contributed by atoms with Crippen LogP contribution >= 0.6 is 11.6 Å². The Balaban J connectivity index is 2.02. The van der Waals surface area contributed by atoms with Gasteiger partial charge in [-0.15, -0.1) is 0 Å². The maximum absolute atomic E-state index is 13.2. The van der Waals surface area contributed by atoms with E-state index in [2.05, 4.69) is 0 Å². The van der Waals surface area contributed by atoms with E-state index in [1.165, 1.54) is 12.0 Å². The Hall–Kier alpha value is -2.11. The Morgan fingerprint density at radius 2 is 2.24 bits per heavy atom. The lowest BCUT2D eigenvalue weighted by atomic mass is 9.84. The van der Waals surface area contributed by atoms with Crippen molar-refractivity contribution in [1.29, 1.82) is 5.26 Å². The molecule has 1 saturated heterocycles. The molecule has 0 N–H and O–H groups in total. The number of esters is 1. The van der Waals surface area contributed by atoms with Crippen LogP contribution in [0.15, 0.2) is 35.4 Å². The minimum atomic E-state index is -3.93. The Morgan fingerprint density at radius 1 is 1.52 bits per heavy atom. The second kappa shape index (κ2) is 6.00. The maximum Gasteiger partial charge on any atom is 0.333 e. The van der Waals surface area contributed by atoms with Crippen LogP contribution in [-0.4, -0.2) is 43.7 Å². The van der Waals surface area contributed by atoms with Crippen LogP contribution in [0.1, 0.15) is 6.42 Å². The van der Waals surface area contributed by atoms with E-state index in [1.807, 2.05) is 6.07 Å². The summed E-state index contributed by atoms with van der Waals surface area (Å²) in [6.45, 7) is 0.0137. The molecule has 0 bridgehead atoms. The zero-order valence-corrected chi connectivity index (χ0v) is 14.7. The lowest BCUT2D eigenvalue weighted by molar-refractivity contribution is -0.152. The molecule has 0 radical (unpaired) electrons. The summed E-state index contributed by atoms with van der Waals surface area (Å²) in [4.78, 5) is 13.7. The molecule has 0 aliphatic carbocycles. The van der Waals surface area contributed by atoms with Crippen molar-refractivity contribution >= 4 is 27.4 Å². The first-order valence-corrected chi connectivity index (χ1v) is 9.32. The number of carbonyl (C=O) groups excluding carboxylic acids is 1. The molecule has 2 aliphatic rings. The van der Waals surface area contributed by atoms with Gasteiger partial charge in [0.25, 0.3) is 0 Å². The fourth-order valence-electron chi connectivity index (χ4n) is 3.51. The third-order valence-corrected chi connectivity index (χ3v) is 7.33. The van der Waals surface area contributed by atoms with Crippen molar-refractivity contribution in [3.8, 4) is 6.07 Å². The lowest BCUT2D eigenvalue weighted by Crippen LogP contribution is -2.50. The van der Waals surface area contributed by atoms with Crippen LogP contribution in [0.5, 0.6) is 0 Å². The number of carbonyl (C=O) groups is 1. The number of nitrogens with zero attached hydrogens (tertiary/aromatic N) is 2. The van der Waals surface area contributed by atoms with Crippen LogP contribution in [0, 0.1) is 23.1 Å². The Kier molecular flexibility index (Phi) is 4.25. The molecule has 1 aromatic rings. The number of sulfone groups is 1. The molecular weight excluding hydrogens is 371 g/mol.